The Morgan fingerprint density at radius 3 is 2.50 bits per heavy atom. The van der Waals surface area contributed by atoms with Crippen LogP contribution < -0.4 is 5.73 Å². The van der Waals surface area contributed by atoms with E-state index in [4.69, 9.17) is 5.73 Å². The average Bonchev–Trinajstić information content (AvgIpc) is 2.30. The molecule has 3 nitrogen and oxygen atoms in total. The van der Waals surface area contributed by atoms with Gasteiger partial charge >= 0.3 is 6.03 Å². The average molecular weight is 218 g/mol. The molecule has 2 rings (SSSR count). The van der Waals surface area contributed by atoms with Gasteiger partial charge in [0, 0.05) is 13.1 Å². The van der Waals surface area contributed by atoms with Gasteiger partial charge in [-0.2, -0.15) is 0 Å². The molecule has 1 aliphatic heterocycles. The van der Waals surface area contributed by atoms with Gasteiger partial charge in [0.15, 0.2) is 0 Å². The fourth-order valence-electron chi connectivity index (χ4n) is 2.46. The Kier molecular flexibility index (Phi) is 3.13. The fourth-order valence-corrected chi connectivity index (χ4v) is 2.46. The molecule has 0 aliphatic carbocycles. The number of primary amides is 1. The molecule has 1 heterocycles. The summed E-state index contributed by atoms with van der Waals surface area (Å²) in [6.07, 6.45) is 2.04. The van der Waals surface area contributed by atoms with E-state index < -0.39 is 0 Å². The van der Waals surface area contributed by atoms with E-state index in [0.29, 0.717) is 5.92 Å². The van der Waals surface area contributed by atoms with Crippen LogP contribution in [0.15, 0.2) is 24.3 Å². The number of aryl methyl sites for hydroxylation is 1. The van der Waals surface area contributed by atoms with E-state index in [2.05, 4.69) is 31.2 Å². The molecule has 1 saturated heterocycles. The number of likely N-dealkylation sites (tertiary alicyclic amines) is 1. The van der Waals surface area contributed by atoms with Crippen molar-refractivity contribution in [1.82, 2.24) is 4.90 Å². The van der Waals surface area contributed by atoms with Gasteiger partial charge in [0.05, 0.1) is 0 Å². The summed E-state index contributed by atoms with van der Waals surface area (Å²) in [5.41, 5.74) is 8.04. The van der Waals surface area contributed by atoms with Crippen LogP contribution >= 0.6 is 0 Å². The Hall–Kier alpha value is -1.51. The highest BCUT2D eigenvalue weighted by Gasteiger charge is 2.22. The zero-order valence-corrected chi connectivity index (χ0v) is 9.65. The summed E-state index contributed by atoms with van der Waals surface area (Å²) in [6.45, 7) is 3.72. The fraction of sp³-hybridized carbons (Fsp3) is 0.462. The number of hydrogen-bond donors (Lipinski definition) is 1. The molecule has 16 heavy (non-hydrogen) atoms. The van der Waals surface area contributed by atoms with E-state index in [1.54, 1.807) is 4.90 Å². The number of benzene rings is 1. The maximum atomic E-state index is 11.0. The standard InChI is InChI=1S/C13H18N2O/c1-10-4-2-3-5-12(10)11-6-8-15(9-7-11)13(14)16/h2-5,11H,6-9H2,1H3,(H2,14,16). The summed E-state index contributed by atoms with van der Waals surface area (Å²) in [6, 6.07) is 8.21. The number of urea groups is 1. The number of piperidine rings is 1. The van der Waals surface area contributed by atoms with Gasteiger partial charge in [-0.1, -0.05) is 24.3 Å². The summed E-state index contributed by atoms with van der Waals surface area (Å²) >= 11 is 0. The van der Waals surface area contributed by atoms with Crippen LogP contribution in [0.25, 0.3) is 0 Å². The minimum Gasteiger partial charge on any atom is -0.351 e. The van der Waals surface area contributed by atoms with Crippen molar-refractivity contribution < 1.29 is 4.79 Å². The van der Waals surface area contributed by atoms with E-state index in [1.165, 1.54) is 11.1 Å². The number of nitrogens with two attached hydrogens (primary N) is 1. The lowest BCUT2D eigenvalue weighted by Crippen LogP contribution is -2.41. The number of rotatable bonds is 1. The van der Waals surface area contributed by atoms with E-state index in [1.807, 2.05) is 0 Å². The van der Waals surface area contributed by atoms with E-state index in [0.717, 1.165) is 25.9 Å². The molecule has 0 radical (unpaired) electrons. The summed E-state index contributed by atoms with van der Waals surface area (Å²) in [7, 11) is 0. The number of carbonyl (C=O) groups is 1. The molecule has 0 spiro atoms. The normalized spacial score (nSPS) is 17.4. The Labute approximate surface area is 96.2 Å². The van der Waals surface area contributed by atoms with Gasteiger partial charge in [-0.3, -0.25) is 0 Å². The van der Waals surface area contributed by atoms with Crippen molar-refractivity contribution in [3.8, 4) is 0 Å². The van der Waals surface area contributed by atoms with Crippen LogP contribution in [0.2, 0.25) is 0 Å². The van der Waals surface area contributed by atoms with Gasteiger partial charge in [-0.05, 0) is 36.8 Å². The number of hydrogen-bond acceptors (Lipinski definition) is 1. The summed E-state index contributed by atoms with van der Waals surface area (Å²) < 4.78 is 0. The van der Waals surface area contributed by atoms with Crippen LogP contribution in [0.4, 0.5) is 4.79 Å². The molecule has 0 bridgehead atoms. The Bertz CT molecular complexity index is 381. The first kappa shape index (κ1) is 11.0. The first-order chi connectivity index (χ1) is 7.68. The van der Waals surface area contributed by atoms with Crippen LogP contribution in [-0.2, 0) is 0 Å². The minimum absolute atomic E-state index is 0.289. The van der Waals surface area contributed by atoms with Crippen LogP contribution in [0.3, 0.4) is 0 Å². The van der Waals surface area contributed by atoms with Crippen molar-refractivity contribution >= 4 is 6.03 Å². The molecular weight excluding hydrogens is 200 g/mol. The van der Waals surface area contributed by atoms with E-state index >= 15 is 0 Å². The molecule has 86 valence electrons. The highest BCUT2D eigenvalue weighted by Crippen LogP contribution is 2.29. The lowest BCUT2D eigenvalue weighted by Gasteiger charge is -2.31. The molecular formula is C13H18N2O. The monoisotopic (exact) mass is 218 g/mol. The molecule has 0 unspecified atom stereocenters. The van der Waals surface area contributed by atoms with Crippen LogP contribution in [0.1, 0.15) is 29.9 Å². The molecule has 2 N–H and O–H groups in total. The SMILES string of the molecule is Cc1ccccc1C1CCN(C(N)=O)CC1. The van der Waals surface area contributed by atoms with Gasteiger partial charge in [0.2, 0.25) is 0 Å². The van der Waals surface area contributed by atoms with Crippen LogP contribution in [0.5, 0.6) is 0 Å². The van der Waals surface area contributed by atoms with Crippen molar-refractivity contribution in [2.45, 2.75) is 25.7 Å². The van der Waals surface area contributed by atoms with Crippen LogP contribution in [-0.4, -0.2) is 24.0 Å². The topological polar surface area (TPSA) is 46.3 Å². The quantitative estimate of drug-likeness (QED) is 0.772. The minimum atomic E-state index is -0.289. The van der Waals surface area contributed by atoms with Crippen molar-refractivity contribution in [3.63, 3.8) is 0 Å². The Balaban J connectivity index is 2.05. The number of carbonyl (C=O) groups excluding carboxylic acids is 1. The molecule has 0 aromatic heterocycles. The van der Waals surface area contributed by atoms with Crippen molar-refractivity contribution in [2.75, 3.05) is 13.1 Å². The Morgan fingerprint density at radius 2 is 1.94 bits per heavy atom. The second-order valence-electron chi connectivity index (χ2n) is 4.46. The maximum Gasteiger partial charge on any atom is 0.314 e. The van der Waals surface area contributed by atoms with Gasteiger partial charge in [-0.25, -0.2) is 4.79 Å². The maximum absolute atomic E-state index is 11.0. The third kappa shape index (κ3) is 2.18. The molecule has 0 atom stereocenters. The molecule has 1 aromatic rings. The first-order valence-electron chi connectivity index (χ1n) is 5.78. The summed E-state index contributed by atoms with van der Waals surface area (Å²) in [5, 5.41) is 0. The highest BCUT2D eigenvalue weighted by atomic mass is 16.2. The molecule has 0 saturated carbocycles. The zero-order chi connectivity index (χ0) is 11.5. The predicted molar refractivity (Wildman–Crippen MR) is 64.3 cm³/mol. The van der Waals surface area contributed by atoms with Crippen molar-refractivity contribution in [1.29, 1.82) is 0 Å². The third-order valence-corrected chi connectivity index (χ3v) is 3.43. The summed E-state index contributed by atoms with van der Waals surface area (Å²) in [5.74, 6) is 0.580. The lowest BCUT2D eigenvalue weighted by atomic mass is 9.87. The third-order valence-electron chi connectivity index (χ3n) is 3.43. The van der Waals surface area contributed by atoms with Gasteiger partial charge in [-0.15, -0.1) is 0 Å². The highest BCUT2D eigenvalue weighted by molar-refractivity contribution is 5.72. The van der Waals surface area contributed by atoms with Gasteiger partial charge < -0.3 is 10.6 Å². The predicted octanol–water partition coefficient (Wildman–Crippen LogP) is 2.25. The molecule has 3 heteroatoms. The number of amides is 2. The van der Waals surface area contributed by atoms with Crippen molar-refractivity contribution in [2.24, 2.45) is 5.73 Å². The van der Waals surface area contributed by atoms with Crippen molar-refractivity contribution in [3.05, 3.63) is 35.4 Å². The molecule has 1 aromatic carbocycles. The zero-order valence-electron chi connectivity index (χ0n) is 9.65. The molecule has 1 fully saturated rings. The Morgan fingerprint density at radius 1 is 1.31 bits per heavy atom. The van der Waals surface area contributed by atoms with Crippen LogP contribution in [0, 0.1) is 6.92 Å². The van der Waals surface area contributed by atoms with E-state index in [9.17, 15) is 4.79 Å². The van der Waals surface area contributed by atoms with Gasteiger partial charge in [0.25, 0.3) is 0 Å². The van der Waals surface area contributed by atoms with Gasteiger partial charge in [0.1, 0.15) is 0 Å². The van der Waals surface area contributed by atoms with E-state index in [-0.39, 0.29) is 6.03 Å². The first-order valence-corrected chi connectivity index (χ1v) is 5.78. The number of nitrogens with zero attached hydrogens (tertiary/aromatic N) is 1. The summed E-state index contributed by atoms with van der Waals surface area (Å²) in [4.78, 5) is 12.7. The largest absolute Gasteiger partial charge is 0.351 e. The smallest absolute Gasteiger partial charge is 0.314 e. The molecule has 2 amide bonds. The second kappa shape index (κ2) is 4.56. The molecule has 1 aliphatic rings. The lowest BCUT2D eigenvalue weighted by molar-refractivity contribution is 0.190. The second-order valence-corrected chi connectivity index (χ2v) is 4.46.